The van der Waals surface area contributed by atoms with E-state index in [0.717, 1.165) is 19.4 Å². The SMILES string of the molecule is CC(=O)[C@@H]1CC[C@@]2(C)OC[C@H](c3ccccc3)N2[C@@H]1C. The van der Waals surface area contributed by atoms with Gasteiger partial charge in [-0.2, -0.15) is 0 Å². The van der Waals surface area contributed by atoms with Crippen LogP contribution in [-0.4, -0.2) is 29.1 Å². The molecule has 108 valence electrons. The maximum Gasteiger partial charge on any atom is 0.134 e. The van der Waals surface area contributed by atoms with Crippen LogP contribution in [-0.2, 0) is 9.53 Å². The number of carbonyl (C=O) groups is 1. The van der Waals surface area contributed by atoms with Crippen molar-refractivity contribution in [1.82, 2.24) is 4.90 Å². The smallest absolute Gasteiger partial charge is 0.134 e. The minimum absolute atomic E-state index is 0.135. The van der Waals surface area contributed by atoms with Gasteiger partial charge in [0, 0.05) is 12.0 Å². The lowest BCUT2D eigenvalue weighted by Crippen LogP contribution is -2.56. The highest BCUT2D eigenvalue weighted by atomic mass is 16.5. The first-order valence-electron chi connectivity index (χ1n) is 7.51. The largest absolute Gasteiger partial charge is 0.359 e. The molecule has 0 unspecified atom stereocenters. The number of fused-ring (bicyclic) bond motifs is 1. The van der Waals surface area contributed by atoms with E-state index < -0.39 is 0 Å². The minimum Gasteiger partial charge on any atom is -0.359 e. The monoisotopic (exact) mass is 273 g/mol. The molecule has 0 amide bonds. The molecule has 0 aromatic heterocycles. The number of carbonyl (C=O) groups excluding carboxylic acids is 1. The molecule has 2 fully saturated rings. The molecule has 1 aromatic carbocycles. The molecule has 2 saturated heterocycles. The van der Waals surface area contributed by atoms with E-state index >= 15 is 0 Å². The Balaban J connectivity index is 1.94. The zero-order valence-electron chi connectivity index (χ0n) is 12.5. The van der Waals surface area contributed by atoms with Gasteiger partial charge in [0.15, 0.2) is 0 Å². The molecule has 0 spiro atoms. The summed E-state index contributed by atoms with van der Waals surface area (Å²) in [7, 11) is 0. The predicted octanol–water partition coefficient (Wildman–Crippen LogP) is 3.16. The molecule has 2 heterocycles. The molecule has 0 saturated carbocycles. The van der Waals surface area contributed by atoms with Crippen molar-refractivity contribution < 1.29 is 9.53 Å². The van der Waals surface area contributed by atoms with E-state index in [1.54, 1.807) is 6.92 Å². The maximum atomic E-state index is 11.9. The number of nitrogens with zero attached hydrogens (tertiary/aromatic N) is 1. The molecule has 1 aromatic rings. The number of ketones is 1. The lowest BCUT2D eigenvalue weighted by atomic mass is 9.82. The van der Waals surface area contributed by atoms with E-state index in [9.17, 15) is 4.79 Å². The summed E-state index contributed by atoms with van der Waals surface area (Å²) in [6.07, 6.45) is 1.87. The average Bonchev–Trinajstić information content (AvgIpc) is 2.78. The van der Waals surface area contributed by atoms with Gasteiger partial charge in [0.05, 0.1) is 12.6 Å². The molecule has 0 aliphatic carbocycles. The van der Waals surface area contributed by atoms with Crippen LogP contribution in [0.25, 0.3) is 0 Å². The third-order valence-electron chi connectivity index (χ3n) is 5.08. The van der Waals surface area contributed by atoms with Crippen LogP contribution in [0.2, 0.25) is 0 Å². The molecule has 0 bridgehead atoms. The van der Waals surface area contributed by atoms with Crippen LogP contribution in [0, 0.1) is 5.92 Å². The van der Waals surface area contributed by atoms with Gasteiger partial charge in [-0.1, -0.05) is 30.3 Å². The van der Waals surface area contributed by atoms with Crippen LogP contribution in [0.4, 0.5) is 0 Å². The first kappa shape index (κ1) is 13.8. The number of rotatable bonds is 2. The molecule has 3 heteroatoms. The third-order valence-corrected chi connectivity index (χ3v) is 5.08. The summed E-state index contributed by atoms with van der Waals surface area (Å²) in [4.78, 5) is 14.3. The quantitative estimate of drug-likeness (QED) is 0.829. The number of piperidine rings is 1. The Morgan fingerprint density at radius 1 is 1.35 bits per heavy atom. The van der Waals surface area contributed by atoms with Crippen molar-refractivity contribution in [1.29, 1.82) is 0 Å². The van der Waals surface area contributed by atoms with Gasteiger partial charge in [-0.05, 0) is 39.2 Å². The lowest BCUT2D eigenvalue weighted by Gasteiger charge is -2.47. The normalized spacial score (nSPS) is 37.6. The maximum absolute atomic E-state index is 11.9. The second-order valence-electron chi connectivity index (χ2n) is 6.32. The van der Waals surface area contributed by atoms with E-state index in [2.05, 4.69) is 43.0 Å². The highest BCUT2D eigenvalue weighted by Gasteiger charge is 2.52. The first-order valence-corrected chi connectivity index (χ1v) is 7.51. The summed E-state index contributed by atoms with van der Waals surface area (Å²) in [6.45, 7) is 6.78. The van der Waals surface area contributed by atoms with Crippen molar-refractivity contribution in [2.75, 3.05) is 6.61 Å². The Labute approximate surface area is 120 Å². The van der Waals surface area contributed by atoms with Gasteiger partial charge < -0.3 is 4.74 Å². The fourth-order valence-corrected chi connectivity index (χ4v) is 3.99. The van der Waals surface area contributed by atoms with Crippen molar-refractivity contribution >= 4 is 5.78 Å². The number of hydrogen-bond acceptors (Lipinski definition) is 3. The lowest BCUT2D eigenvalue weighted by molar-refractivity contribution is -0.145. The summed E-state index contributed by atoms with van der Waals surface area (Å²) in [5.41, 5.74) is 1.07. The summed E-state index contributed by atoms with van der Waals surface area (Å²) < 4.78 is 6.12. The Hall–Kier alpha value is -1.19. The van der Waals surface area contributed by atoms with Gasteiger partial charge in [-0.15, -0.1) is 0 Å². The summed E-state index contributed by atoms with van der Waals surface area (Å²) in [5.74, 6) is 0.439. The van der Waals surface area contributed by atoms with Gasteiger partial charge in [-0.25, -0.2) is 0 Å². The fraction of sp³-hybridized carbons (Fsp3) is 0.588. The van der Waals surface area contributed by atoms with Crippen LogP contribution in [0.1, 0.15) is 45.2 Å². The molecule has 4 atom stereocenters. The molecule has 2 aliphatic rings. The molecule has 3 rings (SSSR count). The standard InChI is InChI=1S/C17H23NO2/c1-12-15(13(2)19)9-10-17(3)18(12)16(11-20-17)14-7-5-4-6-8-14/h4-8,12,15-16H,9-11H2,1-3H3/t12-,15-,16-,17-/m1/s1. The van der Waals surface area contributed by atoms with Crippen molar-refractivity contribution in [2.24, 2.45) is 5.92 Å². The Morgan fingerprint density at radius 3 is 2.70 bits per heavy atom. The number of ether oxygens (including phenoxy) is 1. The van der Waals surface area contributed by atoms with Gasteiger partial charge in [0.1, 0.15) is 11.5 Å². The average molecular weight is 273 g/mol. The number of benzene rings is 1. The molecule has 0 radical (unpaired) electrons. The zero-order chi connectivity index (χ0) is 14.3. The van der Waals surface area contributed by atoms with E-state index in [0.29, 0.717) is 5.78 Å². The second kappa shape index (κ2) is 4.97. The summed E-state index contributed by atoms with van der Waals surface area (Å²) in [5, 5.41) is 0. The first-order chi connectivity index (χ1) is 9.53. The Kier molecular flexibility index (Phi) is 3.43. The van der Waals surface area contributed by atoms with Crippen LogP contribution < -0.4 is 0 Å². The predicted molar refractivity (Wildman–Crippen MR) is 78.2 cm³/mol. The van der Waals surface area contributed by atoms with Crippen LogP contribution >= 0.6 is 0 Å². The molecule has 3 nitrogen and oxygen atoms in total. The van der Waals surface area contributed by atoms with E-state index in [-0.39, 0.29) is 23.7 Å². The van der Waals surface area contributed by atoms with Crippen LogP contribution in [0.15, 0.2) is 30.3 Å². The molecule has 2 aliphatic heterocycles. The molecule has 0 N–H and O–H groups in total. The number of Topliss-reactive ketones (excluding diaryl/α,β-unsaturated/α-hetero) is 1. The van der Waals surface area contributed by atoms with Gasteiger partial charge in [-0.3, -0.25) is 9.69 Å². The van der Waals surface area contributed by atoms with Crippen molar-refractivity contribution in [3.05, 3.63) is 35.9 Å². The molecule has 20 heavy (non-hydrogen) atoms. The molecular weight excluding hydrogens is 250 g/mol. The topological polar surface area (TPSA) is 29.5 Å². The Bertz CT molecular complexity index is 501. The highest BCUT2D eigenvalue weighted by Crippen LogP contribution is 2.47. The van der Waals surface area contributed by atoms with E-state index in [1.807, 2.05) is 6.07 Å². The van der Waals surface area contributed by atoms with E-state index in [4.69, 9.17) is 4.74 Å². The van der Waals surface area contributed by atoms with Gasteiger partial charge in [0.25, 0.3) is 0 Å². The van der Waals surface area contributed by atoms with Gasteiger partial charge in [0.2, 0.25) is 0 Å². The highest BCUT2D eigenvalue weighted by molar-refractivity contribution is 5.79. The second-order valence-corrected chi connectivity index (χ2v) is 6.32. The zero-order valence-corrected chi connectivity index (χ0v) is 12.5. The Morgan fingerprint density at radius 2 is 2.05 bits per heavy atom. The third kappa shape index (κ3) is 2.09. The van der Waals surface area contributed by atoms with Crippen LogP contribution in [0.5, 0.6) is 0 Å². The van der Waals surface area contributed by atoms with Crippen molar-refractivity contribution in [3.63, 3.8) is 0 Å². The number of hydrogen-bond donors (Lipinski definition) is 0. The fourth-order valence-electron chi connectivity index (χ4n) is 3.99. The van der Waals surface area contributed by atoms with Gasteiger partial charge >= 0.3 is 0 Å². The minimum atomic E-state index is -0.216. The van der Waals surface area contributed by atoms with E-state index in [1.165, 1.54) is 5.56 Å². The van der Waals surface area contributed by atoms with Crippen molar-refractivity contribution in [2.45, 2.75) is 51.4 Å². The van der Waals surface area contributed by atoms with Crippen LogP contribution in [0.3, 0.4) is 0 Å². The molecular formula is C17H23NO2. The van der Waals surface area contributed by atoms with Crippen molar-refractivity contribution in [3.8, 4) is 0 Å². The summed E-state index contributed by atoms with van der Waals surface area (Å²) >= 11 is 0. The summed E-state index contributed by atoms with van der Waals surface area (Å²) in [6, 6.07) is 11.0.